The summed E-state index contributed by atoms with van der Waals surface area (Å²) in [5.41, 5.74) is 3.29. The molecule has 0 amide bonds. The van der Waals surface area contributed by atoms with Gasteiger partial charge in [-0.2, -0.15) is 0 Å². The Labute approximate surface area is 126 Å². The van der Waals surface area contributed by atoms with E-state index in [1.165, 1.54) is 41.6 Å². The minimum atomic E-state index is 0.236. The molecule has 0 N–H and O–H groups in total. The third-order valence-electron chi connectivity index (χ3n) is 4.63. The second kappa shape index (κ2) is 5.16. The third kappa shape index (κ3) is 2.64. The van der Waals surface area contributed by atoms with Crippen LogP contribution in [0, 0.1) is 0 Å². The minimum Gasteiger partial charge on any atom is -0.306 e. The fraction of sp³-hybridized carbons (Fsp3) is 0.556. The Morgan fingerprint density at radius 1 is 1.15 bits per heavy atom. The smallest absolute Gasteiger partial charge is 0.0345 e. The second-order valence-corrected chi connectivity index (χ2v) is 8.14. The molecular formula is C18H25NS. The molecule has 0 aliphatic carbocycles. The van der Waals surface area contributed by atoms with Gasteiger partial charge in [0.05, 0.1) is 0 Å². The van der Waals surface area contributed by atoms with Gasteiger partial charge in [-0.05, 0) is 78.3 Å². The fourth-order valence-corrected chi connectivity index (χ4v) is 4.17. The summed E-state index contributed by atoms with van der Waals surface area (Å²) in [6, 6.07) is 7.07. The first-order chi connectivity index (χ1) is 9.45. The lowest BCUT2D eigenvalue weighted by atomic mass is 9.84. The van der Waals surface area contributed by atoms with E-state index in [1.807, 2.05) is 11.3 Å². The summed E-state index contributed by atoms with van der Waals surface area (Å²) in [5.74, 6) is 0.759. The van der Waals surface area contributed by atoms with Crippen LogP contribution in [0.25, 0.3) is 10.1 Å². The Morgan fingerprint density at radius 3 is 2.50 bits per heavy atom. The van der Waals surface area contributed by atoms with Crippen molar-refractivity contribution in [2.45, 2.75) is 44.9 Å². The summed E-state index contributed by atoms with van der Waals surface area (Å²) >= 11 is 1.91. The van der Waals surface area contributed by atoms with Crippen LogP contribution >= 0.6 is 11.3 Å². The molecule has 20 heavy (non-hydrogen) atoms. The largest absolute Gasteiger partial charge is 0.306 e. The molecule has 1 aliphatic heterocycles. The molecule has 0 unspecified atom stereocenters. The number of hydrogen-bond acceptors (Lipinski definition) is 2. The van der Waals surface area contributed by atoms with Crippen molar-refractivity contribution in [1.29, 1.82) is 0 Å². The highest BCUT2D eigenvalue weighted by Gasteiger charge is 2.22. The van der Waals surface area contributed by atoms with Gasteiger partial charge in [0.25, 0.3) is 0 Å². The number of thiophene rings is 1. The van der Waals surface area contributed by atoms with Gasteiger partial charge in [-0.25, -0.2) is 0 Å². The van der Waals surface area contributed by atoms with Crippen LogP contribution in [0.15, 0.2) is 23.6 Å². The van der Waals surface area contributed by atoms with Gasteiger partial charge in [0.1, 0.15) is 0 Å². The van der Waals surface area contributed by atoms with Gasteiger partial charge in [0.2, 0.25) is 0 Å². The van der Waals surface area contributed by atoms with E-state index in [2.05, 4.69) is 56.3 Å². The summed E-state index contributed by atoms with van der Waals surface area (Å²) in [5, 5.41) is 3.92. The second-order valence-electron chi connectivity index (χ2n) is 7.23. The number of nitrogens with zero attached hydrogens (tertiary/aromatic N) is 1. The van der Waals surface area contributed by atoms with E-state index in [1.54, 1.807) is 5.56 Å². The topological polar surface area (TPSA) is 3.24 Å². The number of fused-ring (bicyclic) bond motifs is 1. The first-order valence-corrected chi connectivity index (χ1v) is 8.53. The van der Waals surface area contributed by atoms with Crippen molar-refractivity contribution >= 4 is 21.4 Å². The first kappa shape index (κ1) is 14.1. The molecule has 108 valence electrons. The minimum absolute atomic E-state index is 0.236. The number of benzene rings is 1. The quantitative estimate of drug-likeness (QED) is 0.713. The van der Waals surface area contributed by atoms with Crippen molar-refractivity contribution in [3.05, 3.63) is 34.7 Å². The van der Waals surface area contributed by atoms with E-state index in [0.717, 1.165) is 5.92 Å². The summed E-state index contributed by atoms with van der Waals surface area (Å²) in [4.78, 5) is 2.45. The van der Waals surface area contributed by atoms with Crippen LogP contribution in [-0.4, -0.2) is 25.0 Å². The molecule has 1 aliphatic rings. The highest BCUT2D eigenvalue weighted by molar-refractivity contribution is 7.17. The van der Waals surface area contributed by atoms with Gasteiger partial charge in [0.15, 0.2) is 0 Å². The maximum Gasteiger partial charge on any atom is 0.0345 e. The molecule has 1 aromatic carbocycles. The molecule has 0 radical (unpaired) electrons. The van der Waals surface area contributed by atoms with Crippen molar-refractivity contribution in [3.63, 3.8) is 0 Å². The van der Waals surface area contributed by atoms with E-state index >= 15 is 0 Å². The van der Waals surface area contributed by atoms with Crippen LogP contribution in [0.1, 0.15) is 50.7 Å². The lowest BCUT2D eigenvalue weighted by Crippen LogP contribution is -2.29. The monoisotopic (exact) mass is 287 g/mol. The van der Waals surface area contributed by atoms with E-state index in [-0.39, 0.29) is 5.41 Å². The van der Waals surface area contributed by atoms with Crippen LogP contribution in [0.4, 0.5) is 0 Å². The van der Waals surface area contributed by atoms with Crippen LogP contribution in [-0.2, 0) is 5.41 Å². The predicted octanol–water partition coefficient (Wildman–Crippen LogP) is 5.01. The Hall–Kier alpha value is -0.860. The van der Waals surface area contributed by atoms with Crippen LogP contribution in [0.5, 0.6) is 0 Å². The Balaban J connectivity index is 1.99. The van der Waals surface area contributed by atoms with Crippen molar-refractivity contribution < 1.29 is 0 Å². The summed E-state index contributed by atoms with van der Waals surface area (Å²) in [7, 11) is 2.24. The molecule has 1 fully saturated rings. The van der Waals surface area contributed by atoms with Gasteiger partial charge >= 0.3 is 0 Å². The van der Waals surface area contributed by atoms with Crippen molar-refractivity contribution in [3.8, 4) is 0 Å². The molecular weight excluding hydrogens is 262 g/mol. The molecule has 0 atom stereocenters. The molecule has 2 aromatic rings. The maximum atomic E-state index is 2.45. The number of likely N-dealkylation sites (tertiary alicyclic amines) is 1. The zero-order valence-corrected chi connectivity index (χ0v) is 13.9. The van der Waals surface area contributed by atoms with E-state index in [0.29, 0.717) is 0 Å². The molecule has 1 saturated heterocycles. The lowest BCUT2D eigenvalue weighted by Gasteiger charge is -2.29. The van der Waals surface area contributed by atoms with Crippen molar-refractivity contribution in [1.82, 2.24) is 4.90 Å². The van der Waals surface area contributed by atoms with E-state index < -0.39 is 0 Å². The molecule has 3 rings (SSSR count). The molecule has 1 aromatic heterocycles. The number of piperidine rings is 1. The van der Waals surface area contributed by atoms with Gasteiger partial charge in [-0.3, -0.25) is 0 Å². The standard InChI is InChI=1S/C18H25NS/c1-18(2,3)14-5-6-17-15(11-14)16(12-20-17)13-7-9-19(4)10-8-13/h5-6,11-13H,7-10H2,1-4H3. The number of hydrogen-bond donors (Lipinski definition) is 0. The highest BCUT2D eigenvalue weighted by atomic mass is 32.1. The Morgan fingerprint density at radius 2 is 1.85 bits per heavy atom. The molecule has 0 bridgehead atoms. The van der Waals surface area contributed by atoms with Gasteiger partial charge in [0, 0.05) is 4.70 Å². The molecule has 2 heteroatoms. The zero-order chi connectivity index (χ0) is 14.3. The average Bonchev–Trinajstić information content (AvgIpc) is 2.81. The highest BCUT2D eigenvalue weighted by Crippen LogP contribution is 2.38. The Bertz CT molecular complexity index is 597. The van der Waals surface area contributed by atoms with E-state index in [4.69, 9.17) is 0 Å². The normalized spacial score (nSPS) is 18.8. The summed E-state index contributed by atoms with van der Waals surface area (Å²) < 4.78 is 1.45. The average molecular weight is 287 g/mol. The molecule has 1 nitrogen and oxygen atoms in total. The Kier molecular flexibility index (Phi) is 3.64. The maximum absolute atomic E-state index is 2.45. The number of rotatable bonds is 1. The summed E-state index contributed by atoms with van der Waals surface area (Å²) in [6.45, 7) is 9.38. The fourth-order valence-electron chi connectivity index (χ4n) is 3.15. The lowest BCUT2D eigenvalue weighted by molar-refractivity contribution is 0.256. The molecule has 0 saturated carbocycles. The predicted molar refractivity (Wildman–Crippen MR) is 90.0 cm³/mol. The van der Waals surface area contributed by atoms with Crippen LogP contribution in [0.2, 0.25) is 0 Å². The third-order valence-corrected chi connectivity index (χ3v) is 5.61. The van der Waals surface area contributed by atoms with E-state index in [9.17, 15) is 0 Å². The van der Waals surface area contributed by atoms with Gasteiger partial charge in [-0.1, -0.05) is 26.8 Å². The first-order valence-electron chi connectivity index (χ1n) is 7.65. The van der Waals surface area contributed by atoms with Gasteiger partial charge < -0.3 is 4.90 Å². The van der Waals surface area contributed by atoms with Crippen molar-refractivity contribution in [2.24, 2.45) is 0 Å². The van der Waals surface area contributed by atoms with Crippen molar-refractivity contribution in [2.75, 3.05) is 20.1 Å². The SMILES string of the molecule is CN1CCC(c2csc3ccc(C(C)(C)C)cc23)CC1. The molecule has 0 spiro atoms. The zero-order valence-electron chi connectivity index (χ0n) is 13.1. The summed E-state index contributed by atoms with van der Waals surface area (Å²) in [6.07, 6.45) is 2.62. The molecule has 2 heterocycles. The van der Waals surface area contributed by atoms with Gasteiger partial charge in [-0.15, -0.1) is 11.3 Å². The van der Waals surface area contributed by atoms with Crippen LogP contribution in [0.3, 0.4) is 0 Å². The van der Waals surface area contributed by atoms with Crippen LogP contribution < -0.4 is 0 Å².